The molecule has 8 heteroatoms. The molecule has 0 saturated carbocycles. The Morgan fingerprint density at radius 1 is 1.18 bits per heavy atom. The number of carbonyl (C=O) groups excluding carboxylic acids is 1. The van der Waals surface area contributed by atoms with E-state index in [9.17, 15) is 4.79 Å². The van der Waals surface area contributed by atoms with Crippen molar-refractivity contribution in [3.8, 4) is 11.5 Å². The zero-order valence-electron chi connectivity index (χ0n) is 16.2. The number of aromatic nitrogens is 1. The van der Waals surface area contributed by atoms with E-state index in [1.807, 2.05) is 18.2 Å². The van der Waals surface area contributed by atoms with E-state index < -0.39 is 0 Å². The molecule has 28 heavy (non-hydrogen) atoms. The molecule has 0 unspecified atom stereocenters. The topological polar surface area (TPSA) is 85.0 Å². The van der Waals surface area contributed by atoms with Crippen LogP contribution in [0.2, 0.25) is 0 Å². The molecule has 0 atom stereocenters. The summed E-state index contributed by atoms with van der Waals surface area (Å²) in [6, 6.07) is 9.01. The predicted molar refractivity (Wildman–Crippen MR) is 107 cm³/mol. The van der Waals surface area contributed by atoms with Crippen molar-refractivity contribution in [2.75, 3.05) is 58.9 Å². The highest BCUT2D eigenvalue weighted by Gasteiger charge is 2.12. The standard InChI is InChI=1S/C20H26N4O4/c1-26-16-4-6-17(19(13-16)27-2)23-15-3-5-18(22-14-15)20(25)21-7-8-24-9-11-28-12-10-24/h3-6,13-14,23H,7-12H2,1-2H3,(H,21,25). The van der Waals surface area contributed by atoms with Crippen LogP contribution in [0.15, 0.2) is 36.5 Å². The van der Waals surface area contributed by atoms with Crippen LogP contribution in [0.1, 0.15) is 10.5 Å². The van der Waals surface area contributed by atoms with Gasteiger partial charge in [0.05, 0.1) is 45.0 Å². The van der Waals surface area contributed by atoms with Crippen LogP contribution in [-0.2, 0) is 4.74 Å². The smallest absolute Gasteiger partial charge is 0.269 e. The average molecular weight is 386 g/mol. The molecule has 3 rings (SSSR count). The first-order valence-electron chi connectivity index (χ1n) is 9.23. The lowest BCUT2D eigenvalue weighted by Crippen LogP contribution is -2.41. The Morgan fingerprint density at radius 2 is 2.00 bits per heavy atom. The van der Waals surface area contributed by atoms with E-state index in [0.29, 0.717) is 23.7 Å². The lowest BCUT2D eigenvalue weighted by Gasteiger charge is -2.26. The fraction of sp³-hybridized carbons (Fsp3) is 0.400. The van der Waals surface area contributed by atoms with Gasteiger partial charge >= 0.3 is 0 Å². The fourth-order valence-electron chi connectivity index (χ4n) is 2.90. The van der Waals surface area contributed by atoms with Crippen molar-refractivity contribution >= 4 is 17.3 Å². The molecule has 1 aliphatic rings. The first kappa shape index (κ1) is 19.9. The highest BCUT2D eigenvalue weighted by atomic mass is 16.5. The molecule has 150 valence electrons. The van der Waals surface area contributed by atoms with E-state index in [-0.39, 0.29) is 5.91 Å². The highest BCUT2D eigenvalue weighted by molar-refractivity contribution is 5.92. The van der Waals surface area contributed by atoms with Gasteiger partial charge in [0, 0.05) is 32.2 Å². The maximum Gasteiger partial charge on any atom is 0.269 e. The van der Waals surface area contributed by atoms with Crippen molar-refractivity contribution < 1.29 is 19.0 Å². The molecule has 1 aromatic carbocycles. The molecule has 1 aliphatic heterocycles. The Kier molecular flexibility index (Phi) is 7.05. The first-order valence-corrected chi connectivity index (χ1v) is 9.23. The van der Waals surface area contributed by atoms with E-state index in [1.54, 1.807) is 32.5 Å². The van der Waals surface area contributed by atoms with E-state index >= 15 is 0 Å². The van der Waals surface area contributed by atoms with Gasteiger partial charge in [0.1, 0.15) is 17.2 Å². The summed E-state index contributed by atoms with van der Waals surface area (Å²) in [5, 5.41) is 6.14. The summed E-state index contributed by atoms with van der Waals surface area (Å²) in [5.74, 6) is 1.19. The summed E-state index contributed by atoms with van der Waals surface area (Å²) in [6.45, 7) is 4.72. The number of methoxy groups -OCH3 is 2. The summed E-state index contributed by atoms with van der Waals surface area (Å²) in [6.07, 6.45) is 1.63. The Bertz CT molecular complexity index is 776. The molecule has 2 aromatic rings. The van der Waals surface area contributed by atoms with Crippen LogP contribution in [0.5, 0.6) is 11.5 Å². The van der Waals surface area contributed by atoms with E-state index in [2.05, 4.69) is 20.5 Å². The van der Waals surface area contributed by atoms with Gasteiger partial charge < -0.3 is 24.8 Å². The second-order valence-corrected chi connectivity index (χ2v) is 6.33. The molecule has 0 bridgehead atoms. The monoisotopic (exact) mass is 386 g/mol. The molecule has 1 saturated heterocycles. The van der Waals surface area contributed by atoms with E-state index in [4.69, 9.17) is 14.2 Å². The second kappa shape index (κ2) is 9.91. The Labute approximate surface area is 164 Å². The summed E-state index contributed by atoms with van der Waals surface area (Å²) in [7, 11) is 3.21. The fourth-order valence-corrected chi connectivity index (χ4v) is 2.90. The molecule has 2 heterocycles. The molecular formula is C20H26N4O4. The number of ether oxygens (including phenoxy) is 3. The van der Waals surface area contributed by atoms with Gasteiger partial charge in [-0.15, -0.1) is 0 Å². The summed E-state index contributed by atoms with van der Waals surface area (Å²) in [4.78, 5) is 18.8. The molecular weight excluding hydrogens is 360 g/mol. The number of amides is 1. The van der Waals surface area contributed by atoms with Crippen molar-refractivity contribution in [3.05, 3.63) is 42.2 Å². The molecule has 0 radical (unpaired) electrons. The molecule has 1 amide bonds. The Balaban J connectivity index is 1.53. The van der Waals surface area contributed by atoms with Gasteiger partial charge in [0.2, 0.25) is 0 Å². The first-order chi connectivity index (χ1) is 13.7. The van der Waals surface area contributed by atoms with Crippen LogP contribution in [0.3, 0.4) is 0 Å². The minimum absolute atomic E-state index is 0.179. The number of pyridine rings is 1. The van der Waals surface area contributed by atoms with E-state index in [1.165, 1.54) is 0 Å². The largest absolute Gasteiger partial charge is 0.497 e. The maximum atomic E-state index is 12.3. The number of benzene rings is 1. The Morgan fingerprint density at radius 3 is 2.68 bits per heavy atom. The molecule has 1 aromatic heterocycles. The third-order valence-electron chi connectivity index (χ3n) is 4.50. The number of anilines is 2. The van der Waals surface area contributed by atoms with Crippen molar-refractivity contribution in [2.24, 2.45) is 0 Å². The normalized spacial score (nSPS) is 14.4. The molecule has 2 N–H and O–H groups in total. The number of morpholine rings is 1. The van der Waals surface area contributed by atoms with Crippen LogP contribution >= 0.6 is 0 Å². The second-order valence-electron chi connectivity index (χ2n) is 6.33. The maximum absolute atomic E-state index is 12.3. The number of carbonyl (C=O) groups is 1. The van der Waals surface area contributed by atoms with Crippen LogP contribution in [0.4, 0.5) is 11.4 Å². The summed E-state index contributed by atoms with van der Waals surface area (Å²) >= 11 is 0. The quantitative estimate of drug-likeness (QED) is 0.717. The Hall–Kier alpha value is -2.84. The predicted octanol–water partition coefficient (Wildman–Crippen LogP) is 1.90. The lowest BCUT2D eigenvalue weighted by molar-refractivity contribution is 0.0383. The van der Waals surface area contributed by atoms with Gasteiger partial charge in [-0.05, 0) is 24.3 Å². The number of nitrogens with one attached hydrogen (secondary N) is 2. The minimum Gasteiger partial charge on any atom is -0.497 e. The van der Waals surface area contributed by atoms with Crippen LogP contribution in [0.25, 0.3) is 0 Å². The van der Waals surface area contributed by atoms with Crippen LogP contribution in [-0.4, -0.2) is 69.4 Å². The molecule has 0 spiro atoms. The molecule has 1 fully saturated rings. The number of hydrogen-bond donors (Lipinski definition) is 2. The average Bonchev–Trinajstić information content (AvgIpc) is 2.75. The van der Waals surface area contributed by atoms with Gasteiger partial charge in [0.25, 0.3) is 5.91 Å². The minimum atomic E-state index is -0.179. The molecule has 0 aliphatic carbocycles. The van der Waals surface area contributed by atoms with Gasteiger partial charge in [-0.3, -0.25) is 9.69 Å². The number of rotatable bonds is 8. The van der Waals surface area contributed by atoms with Crippen molar-refractivity contribution in [3.63, 3.8) is 0 Å². The summed E-state index contributed by atoms with van der Waals surface area (Å²) in [5.41, 5.74) is 1.93. The number of nitrogens with zero attached hydrogens (tertiary/aromatic N) is 2. The van der Waals surface area contributed by atoms with Crippen LogP contribution in [0, 0.1) is 0 Å². The lowest BCUT2D eigenvalue weighted by atomic mass is 10.2. The zero-order chi connectivity index (χ0) is 19.8. The third-order valence-corrected chi connectivity index (χ3v) is 4.50. The third kappa shape index (κ3) is 5.34. The van der Waals surface area contributed by atoms with Crippen LogP contribution < -0.4 is 20.1 Å². The zero-order valence-corrected chi connectivity index (χ0v) is 16.2. The van der Waals surface area contributed by atoms with E-state index in [0.717, 1.165) is 44.2 Å². The van der Waals surface area contributed by atoms with Gasteiger partial charge in [-0.2, -0.15) is 0 Å². The van der Waals surface area contributed by atoms with Crippen molar-refractivity contribution in [1.29, 1.82) is 0 Å². The van der Waals surface area contributed by atoms with Gasteiger partial charge in [-0.1, -0.05) is 0 Å². The summed E-state index contributed by atoms with van der Waals surface area (Å²) < 4.78 is 15.9. The van der Waals surface area contributed by atoms with Crippen molar-refractivity contribution in [2.45, 2.75) is 0 Å². The highest BCUT2D eigenvalue weighted by Crippen LogP contribution is 2.31. The molecule has 8 nitrogen and oxygen atoms in total. The SMILES string of the molecule is COc1ccc(Nc2ccc(C(=O)NCCN3CCOCC3)nc2)c(OC)c1. The van der Waals surface area contributed by atoms with Gasteiger partial charge in [-0.25, -0.2) is 4.98 Å². The number of hydrogen-bond acceptors (Lipinski definition) is 7. The van der Waals surface area contributed by atoms with Gasteiger partial charge in [0.15, 0.2) is 0 Å². The van der Waals surface area contributed by atoms with Crippen molar-refractivity contribution in [1.82, 2.24) is 15.2 Å².